The molecule has 0 spiro atoms. The Kier molecular flexibility index (Phi) is 3.25. The van der Waals surface area contributed by atoms with Gasteiger partial charge in [0.2, 0.25) is 0 Å². The van der Waals surface area contributed by atoms with Crippen LogP contribution in [0.5, 0.6) is 0 Å². The lowest BCUT2D eigenvalue weighted by molar-refractivity contribution is 0.0657. The predicted molar refractivity (Wildman–Crippen MR) is 98.8 cm³/mol. The van der Waals surface area contributed by atoms with Gasteiger partial charge in [0, 0.05) is 10.4 Å². The van der Waals surface area contributed by atoms with Crippen LogP contribution >= 0.6 is 15.9 Å². The zero-order valence-corrected chi connectivity index (χ0v) is 14.6. The minimum Gasteiger partial charge on any atom is -0.264 e. The lowest BCUT2D eigenvalue weighted by Gasteiger charge is -2.34. The summed E-state index contributed by atoms with van der Waals surface area (Å²) >= 11 is 3.54. The molecule has 1 aliphatic carbocycles. The molecule has 0 aromatic heterocycles. The summed E-state index contributed by atoms with van der Waals surface area (Å²) < 4.78 is 1.10. The van der Waals surface area contributed by atoms with Gasteiger partial charge >= 0.3 is 0 Å². The molecule has 0 bridgehead atoms. The van der Waals surface area contributed by atoms with E-state index < -0.39 is 0 Å². The second-order valence-electron chi connectivity index (χ2n) is 6.34. The molecule has 3 atom stereocenters. The number of hydrogen-bond donors (Lipinski definition) is 0. The highest BCUT2D eigenvalue weighted by molar-refractivity contribution is 9.10. The number of anilines is 1. The van der Waals surface area contributed by atoms with Gasteiger partial charge in [0.25, 0.3) is 0 Å². The number of para-hydroxylation sites is 1. The largest absolute Gasteiger partial charge is 0.264 e. The molecule has 0 N–H and O–H groups in total. The molecule has 0 unspecified atom stereocenters. The highest BCUT2D eigenvalue weighted by Crippen LogP contribution is 2.61. The van der Waals surface area contributed by atoms with E-state index in [0.717, 1.165) is 10.2 Å². The quantitative estimate of drug-likeness (QED) is 0.561. The summed E-state index contributed by atoms with van der Waals surface area (Å²) in [5.74, 6) is 0.377. The van der Waals surface area contributed by atoms with Gasteiger partial charge in [-0.05, 0) is 41.0 Å². The van der Waals surface area contributed by atoms with Crippen LogP contribution < -0.4 is 5.06 Å². The molecule has 1 aliphatic heterocycles. The van der Waals surface area contributed by atoms with Gasteiger partial charge in [-0.25, -0.2) is 5.06 Å². The molecule has 0 saturated carbocycles. The van der Waals surface area contributed by atoms with Crippen molar-refractivity contribution in [2.45, 2.75) is 18.1 Å². The maximum absolute atomic E-state index is 6.39. The van der Waals surface area contributed by atoms with Crippen molar-refractivity contribution in [1.29, 1.82) is 0 Å². The zero-order valence-electron chi connectivity index (χ0n) is 13.0. The van der Waals surface area contributed by atoms with Crippen LogP contribution in [0.3, 0.4) is 0 Å². The van der Waals surface area contributed by atoms with Gasteiger partial charge in [0.15, 0.2) is 0 Å². The smallest absolute Gasteiger partial charge is 0.120 e. The predicted octanol–water partition coefficient (Wildman–Crippen LogP) is 5.78. The maximum Gasteiger partial charge on any atom is 0.120 e. The first-order chi connectivity index (χ1) is 11.8. The molecule has 0 radical (unpaired) electrons. The Morgan fingerprint density at radius 1 is 0.750 bits per heavy atom. The van der Waals surface area contributed by atoms with Crippen molar-refractivity contribution in [3.8, 4) is 0 Å². The summed E-state index contributed by atoms with van der Waals surface area (Å²) in [6.45, 7) is 0. The number of hydroxylamine groups is 1. The fourth-order valence-corrected chi connectivity index (χ4v) is 4.19. The molecule has 2 nitrogen and oxygen atoms in total. The Morgan fingerprint density at radius 2 is 1.42 bits per heavy atom. The summed E-state index contributed by atoms with van der Waals surface area (Å²) in [4.78, 5) is 6.39. The Labute approximate surface area is 149 Å². The fourth-order valence-electron chi connectivity index (χ4n) is 3.92. The second-order valence-corrected chi connectivity index (χ2v) is 7.25. The average molecular weight is 378 g/mol. The van der Waals surface area contributed by atoms with Gasteiger partial charge in [-0.2, -0.15) is 0 Å². The first kappa shape index (κ1) is 14.3. The van der Waals surface area contributed by atoms with Gasteiger partial charge in [-0.15, -0.1) is 0 Å². The Morgan fingerprint density at radius 3 is 2.17 bits per heavy atom. The van der Waals surface area contributed by atoms with E-state index in [9.17, 15) is 0 Å². The van der Waals surface area contributed by atoms with Crippen LogP contribution in [0.4, 0.5) is 5.69 Å². The minimum atomic E-state index is 0.148. The molecule has 1 saturated heterocycles. The highest BCUT2D eigenvalue weighted by atomic mass is 79.9. The molecule has 3 aromatic carbocycles. The topological polar surface area (TPSA) is 12.5 Å². The number of hydrogen-bond acceptors (Lipinski definition) is 2. The first-order valence-electron chi connectivity index (χ1n) is 8.18. The van der Waals surface area contributed by atoms with Crippen LogP contribution in [0.1, 0.15) is 34.8 Å². The number of halogens is 1. The van der Waals surface area contributed by atoms with Crippen LogP contribution in [0.2, 0.25) is 0 Å². The minimum absolute atomic E-state index is 0.148. The fraction of sp³-hybridized carbons (Fsp3) is 0.143. The van der Waals surface area contributed by atoms with Crippen molar-refractivity contribution in [3.05, 3.63) is 100 Å². The molecule has 2 aliphatic rings. The summed E-state index contributed by atoms with van der Waals surface area (Å²) in [6.07, 6.45) is 0.148. The van der Waals surface area contributed by atoms with E-state index >= 15 is 0 Å². The van der Waals surface area contributed by atoms with Gasteiger partial charge < -0.3 is 0 Å². The molecule has 1 fully saturated rings. The molecule has 5 rings (SSSR count). The summed E-state index contributed by atoms with van der Waals surface area (Å²) in [5.41, 5.74) is 5.12. The number of benzene rings is 3. The van der Waals surface area contributed by atoms with E-state index in [0.29, 0.717) is 5.92 Å². The van der Waals surface area contributed by atoms with Crippen LogP contribution in [0, 0.1) is 0 Å². The van der Waals surface area contributed by atoms with Crippen LogP contribution in [0.15, 0.2) is 83.3 Å². The van der Waals surface area contributed by atoms with E-state index in [4.69, 9.17) is 4.84 Å². The third kappa shape index (κ3) is 2.05. The Bertz CT molecular complexity index is 878. The summed E-state index contributed by atoms with van der Waals surface area (Å²) in [7, 11) is 0. The van der Waals surface area contributed by atoms with E-state index in [1.54, 1.807) is 0 Å². The van der Waals surface area contributed by atoms with E-state index in [1.807, 2.05) is 6.07 Å². The van der Waals surface area contributed by atoms with Crippen LogP contribution in [-0.2, 0) is 4.84 Å². The molecule has 1 heterocycles. The van der Waals surface area contributed by atoms with Crippen molar-refractivity contribution in [2.75, 3.05) is 5.06 Å². The van der Waals surface area contributed by atoms with E-state index in [1.165, 1.54) is 16.7 Å². The number of nitrogens with zero attached hydrogens (tertiary/aromatic N) is 1. The third-order valence-corrected chi connectivity index (χ3v) is 5.56. The highest BCUT2D eigenvalue weighted by Gasteiger charge is 2.53. The molecule has 118 valence electrons. The second kappa shape index (κ2) is 5.47. The van der Waals surface area contributed by atoms with Crippen molar-refractivity contribution in [2.24, 2.45) is 0 Å². The number of fused-ring (bicyclic) bond motifs is 4. The van der Waals surface area contributed by atoms with Crippen LogP contribution in [0.25, 0.3) is 0 Å². The molecule has 3 heteroatoms. The zero-order chi connectivity index (χ0) is 16.1. The van der Waals surface area contributed by atoms with E-state index in [2.05, 4.69) is 93.8 Å². The molecular weight excluding hydrogens is 362 g/mol. The SMILES string of the molecule is Brc1ccc([C@@H]2[C@@H]3c4ccccc4[C@@H]3ON2c2ccccc2)cc1. The van der Waals surface area contributed by atoms with Crippen molar-refractivity contribution >= 4 is 21.6 Å². The monoisotopic (exact) mass is 377 g/mol. The first-order valence-corrected chi connectivity index (χ1v) is 8.97. The Hall–Kier alpha value is -2.10. The average Bonchev–Trinajstić information content (AvgIpc) is 2.96. The molecule has 24 heavy (non-hydrogen) atoms. The van der Waals surface area contributed by atoms with Gasteiger partial charge in [0.1, 0.15) is 6.10 Å². The van der Waals surface area contributed by atoms with Gasteiger partial charge in [-0.1, -0.05) is 70.5 Å². The lowest BCUT2D eigenvalue weighted by Crippen LogP contribution is -2.25. The number of rotatable bonds is 2. The van der Waals surface area contributed by atoms with Gasteiger partial charge in [0.05, 0.1) is 11.7 Å². The normalized spacial score (nSPS) is 24.2. The molecule has 3 aromatic rings. The standard InChI is InChI=1S/C21H16BrNO/c22-15-12-10-14(11-13-15)20-19-17-8-4-5-9-18(17)21(19)24-23(20)16-6-2-1-3-7-16/h1-13,19-21H/t19-,20+,21-/m0/s1. The van der Waals surface area contributed by atoms with Gasteiger partial charge in [-0.3, -0.25) is 4.84 Å². The molecular formula is C21H16BrNO. The van der Waals surface area contributed by atoms with Crippen molar-refractivity contribution < 1.29 is 4.84 Å². The third-order valence-electron chi connectivity index (χ3n) is 5.03. The summed E-state index contributed by atoms with van der Waals surface area (Å²) in [6, 6.07) is 27.8. The van der Waals surface area contributed by atoms with Crippen LogP contribution in [-0.4, -0.2) is 0 Å². The van der Waals surface area contributed by atoms with Crippen molar-refractivity contribution in [3.63, 3.8) is 0 Å². The van der Waals surface area contributed by atoms with E-state index in [-0.39, 0.29) is 12.1 Å². The maximum atomic E-state index is 6.39. The van der Waals surface area contributed by atoms with Crippen molar-refractivity contribution in [1.82, 2.24) is 0 Å². The Balaban J connectivity index is 1.62. The summed E-state index contributed by atoms with van der Waals surface area (Å²) in [5, 5.41) is 2.10. The molecule has 0 amide bonds. The lowest BCUT2D eigenvalue weighted by atomic mass is 9.70.